The van der Waals surface area contributed by atoms with Crippen LogP contribution in [0.3, 0.4) is 0 Å². The van der Waals surface area contributed by atoms with Gasteiger partial charge in [-0.3, -0.25) is 0 Å². The lowest BCUT2D eigenvalue weighted by Crippen LogP contribution is -1.82. The highest BCUT2D eigenvalue weighted by Crippen LogP contribution is 2.05. The lowest BCUT2D eigenvalue weighted by Gasteiger charge is -1.97. The highest BCUT2D eigenvalue weighted by atomic mass is 13.9. The predicted molar refractivity (Wildman–Crippen MR) is 67.8 cm³/mol. The van der Waals surface area contributed by atoms with Crippen LogP contribution in [0.25, 0.3) is 0 Å². The molecule has 0 spiro atoms. The van der Waals surface area contributed by atoms with Crippen molar-refractivity contribution < 1.29 is 0 Å². The fourth-order valence-corrected chi connectivity index (χ4v) is 1.02. The van der Waals surface area contributed by atoms with E-state index in [1.807, 2.05) is 19.9 Å². The van der Waals surface area contributed by atoms with Gasteiger partial charge < -0.3 is 0 Å². The Balaban J connectivity index is 0. The first-order valence-corrected chi connectivity index (χ1v) is 4.99. The van der Waals surface area contributed by atoms with Crippen molar-refractivity contribution in [2.45, 2.75) is 41.0 Å². The van der Waals surface area contributed by atoms with Crippen LogP contribution in [-0.2, 0) is 6.42 Å². The summed E-state index contributed by atoms with van der Waals surface area (Å²) in [6, 6.07) is 8.66. The van der Waals surface area contributed by atoms with Crippen molar-refractivity contribution >= 4 is 0 Å². The maximum absolute atomic E-state index is 3.69. The van der Waals surface area contributed by atoms with Gasteiger partial charge in [-0.1, -0.05) is 57.2 Å². The molecule has 0 fully saturated rings. The van der Waals surface area contributed by atoms with Crippen LogP contribution < -0.4 is 0 Å². The van der Waals surface area contributed by atoms with Gasteiger partial charge in [-0.15, -0.1) is 6.58 Å². The minimum atomic E-state index is 0. The highest BCUT2D eigenvalue weighted by Gasteiger charge is 1.88. The molecule has 80 valence electrons. The summed E-state index contributed by atoms with van der Waals surface area (Å²) in [6.07, 6.45) is 4.15. The van der Waals surface area contributed by atoms with Crippen LogP contribution in [0.5, 0.6) is 0 Å². The molecule has 0 aromatic heterocycles. The Labute approximate surface area is 89.7 Å². The summed E-state index contributed by atoms with van der Waals surface area (Å²) < 4.78 is 0. The molecule has 0 unspecified atom stereocenters. The Kier molecular flexibility index (Phi) is 11.1. The van der Waals surface area contributed by atoms with Gasteiger partial charge in [0.15, 0.2) is 0 Å². The quantitative estimate of drug-likeness (QED) is 0.605. The maximum Gasteiger partial charge on any atom is -0.0244 e. The van der Waals surface area contributed by atoms with Crippen molar-refractivity contribution in [1.29, 1.82) is 0 Å². The van der Waals surface area contributed by atoms with Crippen molar-refractivity contribution in [3.05, 3.63) is 48.0 Å². The summed E-state index contributed by atoms with van der Waals surface area (Å²) in [5.41, 5.74) is 2.72. The summed E-state index contributed by atoms with van der Waals surface area (Å²) in [7, 11) is 0. The molecule has 0 aliphatic carbocycles. The van der Waals surface area contributed by atoms with Gasteiger partial charge in [0.05, 0.1) is 0 Å². The number of aryl methyl sites for hydroxylation is 2. The fourth-order valence-electron chi connectivity index (χ4n) is 1.02. The molecular formula is C14H24. The molecule has 0 saturated heterocycles. The van der Waals surface area contributed by atoms with Crippen LogP contribution in [-0.4, -0.2) is 0 Å². The van der Waals surface area contributed by atoms with Gasteiger partial charge in [-0.25, -0.2) is 0 Å². The molecule has 0 nitrogen and oxygen atoms in total. The third-order valence-corrected chi connectivity index (χ3v) is 1.76. The lowest BCUT2D eigenvalue weighted by atomic mass is 10.1. The first-order valence-electron chi connectivity index (χ1n) is 4.99. The normalized spacial score (nSPS) is 7.93. The second kappa shape index (κ2) is 10.0. The summed E-state index contributed by atoms with van der Waals surface area (Å²) in [5.74, 6) is 0. The number of allylic oxidation sites excluding steroid dienone is 1. The first-order chi connectivity index (χ1) is 6.33. The Hall–Kier alpha value is -1.04. The van der Waals surface area contributed by atoms with Gasteiger partial charge in [-0.05, 0) is 25.3 Å². The van der Waals surface area contributed by atoms with E-state index in [4.69, 9.17) is 0 Å². The van der Waals surface area contributed by atoms with Crippen molar-refractivity contribution in [3.63, 3.8) is 0 Å². The lowest BCUT2D eigenvalue weighted by molar-refractivity contribution is 1.00. The van der Waals surface area contributed by atoms with E-state index in [1.54, 1.807) is 0 Å². The van der Waals surface area contributed by atoms with E-state index in [-0.39, 0.29) is 7.43 Å². The molecular weight excluding hydrogens is 168 g/mol. The van der Waals surface area contributed by atoms with Crippen LogP contribution in [0.15, 0.2) is 36.9 Å². The van der Waals surface area contributed by atoms with E-state index in [9.17, 15) is 0 Å². The van der Waals surface area contributed by atoms with Crippen LogP contribution in [0, 0.1) is 6.92 Å². The standard InChI is InChI=1S/C11H14.C2H6.CH4/c1-3-4-5-11-8-6-10(2)7-9-11;1-2;/h3,6-9H,1,4-5H2,2H3;1-2H3;1H4. The molecule has 0 aliphatic rings. The Bertz CT molecular complexity index is 218. The number of hydrogen-bond acceptors (Lipinski definition) is 0. The zero-order valence-corrected chi connectivity index (χ0v) is 9.01. The van der Waals surface area contributed by atoms with E-state index < -0.39 is 0 Å². The number of benzene rings is 1. The Morgan fingerprint density at radius 1 is 1.14 bits per heavy atom. The van der Waals surface area contributed by atoms with Gasteiger partial charge in [0.1, 0.15) is 0 Å². The van der Waals surface area contributed by atoms with E-state index in [1.165, 1.54) is 11.1 Å². The molecule has 0 bridgehead atoms. The first kappa shape index (κ1) is 15.4. The number of hydrogen-bond donors (Lipinski definition) is 0. The highest BCUT2D eigenvalue weighted by molar-refractivity contribution is 5.21. The molecule has 0 aliphatic heterocycles. The molecule has 0 atom stereocenters. The monoisotopic (exact) mass is 192 g/mol. The largest absolute Gasteiger partial charge is 0.103 e. The molecule has 0 saturated carbocycles. The average Bonchev–Trinajstić information content (AvgIpc) is 2.20. The molecule has 1 rings (SSSR count). The van der Waals surface area contributed by atoms with Gasteiger partial charge in [0.25, 0.3) is 0 Å². The minimum absolute atomic E-state index is 0. The third kappa shape index (κ3) is 6.47. The average molecular weight is 192 g/mol. The van der Waals surface area contributed by atoms with Crippen molar-refractivity contribution in [2.75, 3.05) is 0 Å². The second-order valence-electron chi connectivity index (χ2n) is 2.81. The molecule has 0 heteroatoms. The smallest absolute Gasteiger partial charge is 0.0244 e. The van der Waals surface area contributed by atoms with Gasteiger partial charge in [0, 0.05) is 0 Å². The van der Waals surface area contributed by atoms with E-state index in [2.05, 4.69) is 37.8 Å². The SMILES string of the molecule is C.C=CCCc1ccc(C)cc1.CC. The molecule has 14 heavy (non-hydrogen) atoms. The van der Waals surface area contributed by atoms with Crippen LogP contribution >= 0.6 is 0 Å². The van der Waals surface area contributed by atoms with Crippen molar-refractivity contribution in [3.8, 4) is 0 Å². The molecule has 1 aromatic rings. The third-order valence-electron chi connectivity index (χ3n) is 1.76. The molecule has 0 amide bonds. The molecule has 0 N–H and O–H groups in total. The van der Waals surface area contributed by atoms with E-state index >= 15 is 0 Å². The maximum atomic E-state index is 3.69. The van der Waals surface area contributed by atoms with Gasteiger partial charge >= 0.3 is 0 Å². The fraction of sp³-hybridized carbons (Fsp3) is 0.429. The molecule has 1 aromatic carbocycles. The Morgan fingerprint density at radius 2 is 1.64 bits per heavy atom. The van der Waals surface area contributed by atoms with E-state index in [0.717, 1.165) is 12.8 Å². The predicted octanol–water partition coefficient (Wildman–Crippen LogP) is 4.78. The zero-order chi connectivity index (χ0) is 10.1. The van der Waals surface area contributed by atoms with Crippen molar-refractivity contribution in [2.24, 2.45) is 0 Å². The van der Waals surface area contributed by atoms with Crippen molar-refractivity contribution in [1.82, 2.24) is 0 Å². The second-order valence-corrected chi connectivity index (χ2v) is 2.81. The Morgan fingerprint density at radius 3 is 2.07 bits per heavy atom. The summed E-state index contributed by atoms with van der Waals surface area (Å²) in [5, 5.41) is 0. The summed E-state index contributed by atoms with van der Waals surface area (Å²) >= 11 is 0. The number of rotatable bonds is 3. The van der Waals surface area contributed by atoms with Crippen LogP contribution in [0.2, 0.25) is 0 Å². The van der Waals surface area contributed by atoms with Gasteiger partial charge in [0.2, 0.25) is 0 Å². The molecule has 0 radical (unpaired) electrons. The van der Waals surface area contributed by atoms with Crippen LogP contribution in [0.4, 0.5) is 0 Å². The molecule has 0 heterocycles. The zero-order valence-electron chi connectivity index (χ0n) is 9.01. The summed E-state index contributed by atoms with van der Waals surface area (Å²) in [6.45, 7) is 9.80. The van der Waals surface area contributed by atoms with Gasteiger partial charge in [-0.2, -0.15) is 0 Å². The summed E-state index contributed by atoms with van der Waals surface area (Å²) in [4.78, 5) is 0. The van der Waals surface area contributed by atoms with E-state index in [0.29, 0.717) is 0 Å². The topological polar surface area (TPSA) is 0 Å². The van der Waals surface area contributed by atoms with Crippen LogP contribution in [0.1, 0.15) is 38.8 Å². The minimum Gasteiger partial charge on any atom is -0.103 e.